The van der Waals surface area contributed by atoms with Crippen LogP contribution in [0.15, 0.2) is 53.7 Å². The topological polar surface area (TPSA) is 38.4 Å². The van der Waals surface area contributed by atoms with Crippen LogP contribution in [0.5, 0.6) is 0 Å². The Morgan fingerprint density at radius 1 is 1.36 bits per heavy atom. The highest BCUT2D eigenvalue weighted by Gasteiger charge is 1.92. The van der Waals surface area contributed by atoms with Crippen molar-refractivity contribution in [2.45, 2.75) is 6.92 Å². The summed E-state index contributed by atoms with van der Waals surface area (Å²) in [7, 11) is 0. The maximum absolute atomic E-state index is 5.57. The SMILES string of the molecule is C=C(N=C/C(N)=C\C)c1ccccc1. The second-order valence-corrected chi connectivity index (χ2v) is 2.86. The highest BCUT2D eigenvalue weighted by molar-refractivity contribution is 5.83. The van der Waals surface area contributed by atoms with Gasteiger partial charge in [0, 0.05) is 5.70 Å². The Morgan fingerprint density at radius 3 is 2.57 bits per heavy atom. The molecule has 1 aromatic carbocycles. The molecule has 72 valence electrons. The molecule has 0 atom stereocenters. The van der Waals surface area contributed by atoms with Crippen molar-refractivity contribution in [3.8, 4) is 0 Å². The number of allylic oxidation sites excluding steroid dienone is 2. The lowest BCUT2D eigenvalue weighted by molar-refractivity contribution is 1.44. The van der Waals surface area contributed by atoms with E-state index in [9.17, 15) is 0 Å². The van der Waals surface area contributed by atoms with E-state index >= 15 is 0 Å². The van der Waals surface area contributed by atoms with Crippen LogP contribution in [0.2, 0.25) is 0 Å². The molecule has 0 aliphatic heterocycles. The van der Waals surface area contributed by atoms with Crippen molar-refractivity contribution in [1.82, 2.24) is 0 Å². The predicted octanol–water partition coefficient (Wildman–Crippen LogP) is 2.59. The molecule has 0 unspecified atom stereocenters. The third-order valence-corrected chi connectivity index (χ3v) is 1.81. The summed E-state index contributed by atoms with van der Waals surface area (Å²) in [5, 5.41) is 0. The Hall–Kier alpha value is -1.83. The van der Waals surface area contributed by atoms with E-state index in [1.165, 1.54) is 0 Å². The van der Waals surface area contributed by atoms with E-state index in [0.29, 0.717) is 5.70 Å². The summed E-state index contributed by atoms with van der Waals surface area (Å²) < 4.78 is 0. The van der Waals surface area contributed by atoms with Gasteiger partial charge in [0.1, 0.15) is 0 Å². The Bertz CT molecular complexity index is 361. The van der Waals surface area contributed by atoms with E-state index in [-0.39, 0.29) is 0 Å². The number of benzene rings is 1. The predicted molar refractivity (Wildman–Crippen MR) is 61.9 cm³/mol. The van der Waals surface area contributed by atoms with Gasteiger partial charge in [0.25, 0.3) is 0 Å². The summed E-state index contributed by atoms with van der Waals surface area (Å²) in [5.74, 6) is 0. The minimum atomic E-state index is 0.641. The van der Waals surface area contributed by atoms with Crippen molar-refractivity contribution in [3.63, 3.8) is 0 Å². The molecule has 0 bridgehead atoms. The molecule has 1 aromatic rings. The molecule has 14 heavy (non-hydrogen) atoms. The lowest BCUT2D eigenvalue weighted by Gasteiger charge is -1.98. The highest BCUT2D eigenvalue weighted by atomic mass is 14.8. The fourth-order valence-electron chi connectivity index (χ4n) is 0.932. The normalized spacial score (nSPS) is 11.9. The minimum Gasteiger partial charge on any atom is -0.398 e. The third-order valence-electron chi connectivity index (χ3n) is 1.81. The van der Waals surface area contributed by atoms with Crippen LogP contribution in [-0.4, -0.2) is 6.21 Å². The smallest absolute Gasteiger partial charge is 0.0631 e. The molecule has 1 rings (SSSR count). The number of hydrogen-bond acceptors (Lipinski definition) is 2. The largest absolute Gasteiger partial charge is 0.398 e. The maximum atomic E-state index is 5.57. The van der Waals surface area contributed by atoms with Crippen molar-refractivity contribution in [3.05, 3.63) is 54.2 Å². The third kappa shape index (κ3) is 2.90. The Labute approximate surface area is 84.5 Å². The summed E-state index contributed by atoms with van der Waals surface area (Å²) in [5.41, 5.74) is 7.94. The van der Waals surface area contributed by atoms with Crippen LogP contribution in [0.1, 0.15) is 12.5 Å². The first kappa shape index (κ1) is 10.3. The molecule has 2 heteroatoms. The lowest BCUT2D eigenvalue weighted by Crippen LogP contribution is -1.96. The summed E-state index contributed by atoms with van der Waals surface area (Å²) >= 11 is 0. The molecular formula is C12H14N2. The molecular weight excluding hydrogens is 172 g/mol. The van der Waals surface area contributed by atoms with Gasteiger partial charge in [0.15, 0.2) is 0 Å². The molecule has 0 fully saturated rings. The van der Waals surface area contributed by atoms with Gasteiger partial charge in [0.2, 0.25) is 0 Å². The Kier molecular flexibility index (Phi) is 3.68. The molecule has 2 nitrogen and oxygen atoms in total. The van der Waals surface area contributed by atoms with E-state index in [1.807, 2.05) is 37.3 Å². The first-order chi connectivity index (χ1) is 6.74. The van der Waals surface area contributed by atoms with Crippen LogP contribution in [0.25, 0.3) is 5.70 Å². The van der Waals surface area contributed by atoms with Gasteiger partial charge in [-0.2, -0.15) is 0 Å². The van der Waals surface area contributed by atoms with E-state index < -0.39 is 0 Å². The summed E-state index contributed by atoms with van der Waals surface area (Å²) in [4.78, 5) is 4.15. The van der Waals surface area contributed by atoms with Gasteiger partial charge in [-0.15, -0.1) is 0 Å². The zero-order valence-corrected chi connectivity index (χ0v) is 8.27. The van der Waals surface area contributed by atoms with Crippen molar-refractivity contribution in [2.75, 3.05) is 0 Å². The molecule has 0 saturated heterocycles. The van der Waals surface area contributed by atoms with Crippen LogP contribution >= 0.6 is 0 Å². The van der Waals surface area contributed by atoms with Crippen molar-refractivity contribution in [1.29, 1.82) is 0 Å². The maximum Gasteiger partial charge on any atom is 0.0631 e. The van der Waals surface area contributed by atoms with Gasteiger partial charge in [-0.3, -0.25) is 4.99 Å². The van der Waals surface area contributed by atoms with Gasteiger partial charge in [-0.05, 0) is 12.5 Å². The van der Waals surface area contributed by atoms with Crippen molar-refractivity contribution in [2.24, 2.45) is 10.7 Å². The van der Waals surface area contributed by atoms with Gasteiger partial charge in [0.05, 0.1) is 11.9 Å². The molecule has 0 aliphatic carbocycles. The van der Waals surface area contributed by atoms with E-state index in [2.05, 4.69) is 11.6 Å². The van der Waals surface area contributed by atoms with Gasteiger partial charge < -0.3 is 5.73 Å². The van der Waals surface area contributed by atoms with Crippen molar-refractivity contribution < 1.29 is 0 Å². The standard InChI is InChI=1S/C12H14N2/c1-3-12(13)9-14-10(2)11-7-5-4-6-8-11/h3-9H,2,13H2,1H3/b12-3+,14-9?. The molecule has 0 aromatic heterocycles. The van der Waals surface area contributed by atoms with Crippen LogP contribution in [0.4, 0.5) is 0 Å². The van der Waals surface area contributed by atoms with Crippen LogP contribution in [0.3, 0.4) is 0 Å². The second kappa shape index (κ2) is 5.02. The number of nitrogens with two attached hydrogens (primary N) is 1. The molecule has 0 aliphatic rings. The van der Waals surface area contributed by atoms with Crippen LogP contribution in [0, 0.1) is 0 Å². The first-order valence-corrected chi connectivity index (χ1v) is 4.44. The molecule has 2 N–H and O–H groups in total. The average Bonchev–Trinajstić information content (AvgIpc) is 2.26. The number of aliphatic imine (C=N–C) groups is 1. The van der Waals surface area contributed by atoms with E-state index in [1.54, 1.807) is 12.3 Å². The zero-order chi connectivity index (χ0) is 10.4. The van der Waals surface area contributed by atoms with Gasteiger partial charge in [-0.1, -0.05) is 43.0 Å². The summed E-state index contributed by atoms with van der Waals surface area (Å²) in [6, 6.07) is 9.79. The molecule has 0 radical (unpaired) electrons. The molecule has 0 spiro atoms. The summed E-state index contributed by atoms with van der Waals surface area (Å²) in [6.07, 6.45) is 3.40. The zero-order valence-electron chi connectivity index (χ0n) is 8.27. The summed E-state index contributed by atoms with van der Waals surface area (Å²) in [6.45, 7) is 5.72. The molecule has 0 saturated carbocycles. The molecule has 0 amide bonds. The molecule has 0 heterocycles. The first-order valence-electron chi connectivity index (χ1n) is 4.44. The Balaban J connectivity index is 2.74. The van der Waals surface area contributed by atoms with E-state index in [0.717, 1.165) is 11.3 Å². The van der Waals surface area contributed by atoms with Crippen LogP contribution in [-0.2, 0) is 0 Å². The van der Waals surface area contributed by atoms with Crippen molar-refractivity contribution >= 4 is 11.9 Å². The van der Waals surface area contributed by atoms with Gasteiger partial charge >= 0.3 is 0 Å². The number of rotatable bonds is 3. The average molecular weight is 186 g/mol. The lowest BCUT2D eigenvalue weighted by atomic mass is 10.2. The minimum absolute atomic E-state index is 0.641. The quantitative estimate of drug-likeness (QED) is 0.724. The fraction of sp³-hybridized carbons (Fsp3) is 0.0833. The second-order valence-electron chi connectivity index (χ2n) is 2.86. The monoisotopic (exact) mass is 186 g/mol. The number of hydrogen-bond donors (Lipinski definition) is 1. The fourth-order valence-corrected chi connectivity index (χ4v) is 0.932. The number of nitrogens with zero attached hydrogens (tertiary/aromatic N) is 1. The van der Waals surface area contributed by atoms with E-state index in [4.69, 9.17) is 5.73 Å². The van der Waals surface area contributed by atoms with Crippen LogP contribution < -0.4 is 5.73 Å². The Morgan fingerprint density at radius 2 is 2.00 bits per heavy atom. The highest BCUT2D eigenvalue weighted by Crippen LogP contribution is 2.11. The van der Waals surface area contributed by atoms with Gasteiger partial charge in [-0.25, -0.2) is 0 Å².